The Labute approximate surface area is 137 Å². The third-order valence-electron chi connectivity index (χ3n) is 5.16. The SMILES string of the molecule is CN=C(NCC1(c2ccc(F)cc2)CCOCC1)NC1CC1C. The molecule has 4 nitrogen and oxygen atoms in total. The largest absolute Gasteiger partial charge is 0.381 e. The van der Waals surface area contributed by atoms with Gasteiger partial charge in [0.15, 0.2) is 5.96 Å². The summed E-state index contributed by atoms with van der Waals surface area (Å²) in [5.41, 5.74) is 1.14. The van der Waals surface area contributed by atoms with Gasteiger partial charge in [-0.3, -0.25) is 4.99 Å². The number of halogens is 1. The second-order valence-corrected chi connectivity index (χ2v) is 6.79. The Balaban J connectivity index is 1.70. The van der Waals surface area contributed by atoms with Crippen LogP contribution in [0, 0.1) is 11.7 Å². The van der Waals surface area contributed by atoms with E-state index in [2.05, 4.69) is 22.5 Å². The molecule has 23 heavy (non-hydrogen) atoms. The zero-order chi connectivity index (χ0) is 16.3. The summed E-state index contributed by atoms with van der Waals surface area (Å²) in [6.45, 7) is 4.50. The average Bonchev–Trinajstić information content (AvgIpc) is 3.28. The molecule has 2 fully saturated rings. The second-order valence-electron chi connectivity index (χ2n) is 6.79. The molecule has 3 rings (SSSR count). The normalized spacial score (nSPS) is 26.7. The van der Waals surface area contributed by atoms with Crippen LogP contribution in [0.15, 0.2) is 29.3 Å². The molecule has 1 heterocycles. The van der Waals surface area contributed by atoms with E-state index in [0.717, 1.165) is 44.5 Å². The van der Waals surface area contributed by atoms with Gasteiger partial charge in [0.1, 0.15) is 5.82 Å². The molecule has 1 aliphatic heterocycles. The summed E-state index contributed by atoms with van der Waals surface area (Å²) in [4.78, 5) is 4.33. The molecule has 1 aromatic carbocycles. The van der Waals surface area contributed by atoms with E-state index in [0.29, 0.717) is 6.04 Å². The molecular formula is C18H26FN3O. The van der Waals surface area contributed by atoms with Crippen molar-refractivity contribution in [2.45, 2.75) is 37.6 Å². The van der Waals surface area contributed by atoms with Crippen molar-refractivity contribution < 1.29 is 9.13 Å². The van der Waals surface area contributed by atoms with Gasteiger partial charge in [0.05, 0.1) is 0 Å². The van der Waals surface area contributed by atoms with E-state index in [1.807, 2.05) is 12.1 Å². The summed E-state index contributed by atoms with van der Waals surface area (Å²) < 4.78 is 18.8. The van der Waals surface area contributed by atoms with Crippen molar-refractivity contribution >= 4 is 5.96 Å². The fourth-order valence-electron chi connectivity index (χ4n) is 3.28. The van der Waals surface area contributed by atoms with Gasteiger partial charge in [-0.15, -0.1) is 0 Å². The van der Waals surface area contributed by atoms with Crippen molar-refractivity contribution in [3.8, 4) is 0 Å². The number of benzene rings is 1. The second kappa shape index (κ2) is 6.87. The van der Waals surface area contributed by atoms with Gasteiger partial charge in [-0.25, -0.2) is 4.39 Å². The third-order valence-corrected chi connectivity index (χ3v) is 5.16. The van der Waals surface area contributed by atoms with Gasteiger partial charge < -0.3 is 15.4 Å². The molecule has 5 heteroatoms. The van der Waals surface area contributed by atoms with Crippen molar-refractivity contribution in [2.24, 2.45) is 10.9 Å². The average molecular weight is 319 g/mol. The smallest absolute Gasteiger partial charge is 0.191 e. The number of aliphatic imine (C=N–C) groups is 1. The van der Waals surface area contributed by atoms with Gasteiger partial charge >= 0.3 is 0 Å². The molecule has 2 aliphatic rings. The lowest BCUT2D eigenvalue weighted by Crippen LogP contribution is -2.48. The minimum Gasteiger partial charge on any atom is -0.381 e. The van der Waals surface area contributed by atoms with Gasteiger partial charge in [-0.2, -0.15) is 0 Å². The monoisotopic (exact) mass is 319 g/mol. The van der Waals surface area contributed by atoms with Crippen molar-refractivity contribution in [3.05, 3.63) is 35.6 Å². The van der Waals surface area contributed by atoms with Crippen LogP contribution < -0.4 is 10.6 Å². The number of hydrogen-bond acceptors (Lipinski definition) is 2. The van der Waals surface area contributed by atoms with E-state index >= 15 is 0 Å². The number of nitrogens with zero attached hydrogens (tertiary/aromatic N) is 1. The van der Waals surface area contributed by atoms with E-state index in [-0.39, 0.29) is 11.2 Å². The lowest BCUT2D eigenvalue weighted by Gasteiger charge is -2.38. The molecule has 1 aliphatic carbocycles. The summed E-state index contributed by atoms with van der Waals surface area (Å²) >= 11 is 0. The van der Waals surface area contributed by atoms with E-state index in [9.17, 15) is 4.39 Å². The number of ether oxygens (including phenoxy) is 1. The highest BCUT2D eigenvalue weighted by atomic mass is 19.1. The molecule has 0 aromatic heterocycles. The molecule has 0 amide bonds. The molecule has 0 spiro atoms. The molecule has 0 bridgehead atoms. The lowest BCUT2D eigenvalue weighted by molar-refractivity contribution is 0.0513. The van der Waals surface area contributed by atoms with Crippen LogP contribution in [0.2, 0.25) is 0 Å². The first kappa shape index (κ1) is 16.2. The maximum absolute atomic E-state index is 13.3. The van der Waals surface area contributed by atoms with E-state index in [1.54, 1.807) is 19.2 Å². The van der Waals surface area contributed by atoms with Gasteiger partial charge in [-0.05, 0) is 42.9 Å². The van der Waals surface area contributed by atoms with Crippen LogP contribution in [0.25, 0.3) is 0 Å². The predicted octanol–water partition coefficient (Wildman–Crippen LogP) is 2.45. The zero-order valence-electron chi connectivity index (χ0n) is 13.9. The maximum atomic E-state index is 13.3. The molecule has 2 atom stereocenters. The van der Waals surface area contributed by atoms with Gasteiger partial charge in [0.25, 0.3) is 0 Å². The van der Waals surface area contributed by atoms with Gasteiger partial charge in [0, 0.05) is 38.3 Å². The topological polar surface area (TPSA) is 45.7 Å². The molecule has 1 saturated carbocycles. The lowest BCUT2D eigenvalue weighted by atomic mass is 9.74. The van der Waals surface area contributed by atoms with Crippen molar-refractivity contribution in [2.75, 3.05) is 26.8 Å². The minimum atomic E-state index is -0.191. The Bertz CT molecular complexity index is 552. The molecular weight excluding hydrogens is 293 g/mol. The van der Waals surface area contributed by atoms with Crippen LogP contribution in [0.1, 0.15) is 31.7 Å². The third kappa shape index (κ3) is 3.83. The summed E-state index contributed by atoms with van der Waals surface area (Å²) in [5.74, 6) is 1.39. The van der Waals surface area contributed by atoms with Crippen LogP contribution >= 0.6 is 0 Å². The zero-order valence-corrected chi connectivity index (χ0v) is 13.9. The Morgan fingerprint density at radius 1 is 1.30 bits per heavy atom. The number of guanidine groups is 1. The van der Waals surface area contributed by atoms with E-state index in [4.69, 9.17) is 4.74 Å². The first-order chi connectivity index (χ1) is 11.1. The number of nitrogens with one attached hydrogen (secondary N) is 2. The molecule has 1 aromatic rings. The highest BCUT2D eigenvalue weighted by Crippen LogP contribution is 2.34. The highest BCUT2D eigenvalue weighted by molar-refractivity contribution is 5.80. The quantitative estimate of drug-likeness (QED) is 0.662. The molecule has 2 unspecified atom stereocenters. The van der Waals surface area contributed by atoms with Crippen molar-refractivity contribution in [1.82, 2.24) is 10.6 Å². The minimum absolute atomic E-state index is 0.0290. The highest BCUT2D eigenvalue weighted by Gasteiger charge is 2.36. The molecule has 2 N–H and O–H groups in total. The first-order valence-electron chi connectivity index (χ1n) is 8.44. The van der Waals surface area contributed by atoms with Crippen LogP contribution in [0.4, 0.5) is 4.39 Å². The number of rotatable bonds is 4. The van der Waals surface area contributed by atoms with Crippen LogP contribution in [-0.2, 0) is 10.2 Å². The molecule has 0 radical (unpaired) electrons. The van der Waals surface area contributed by atoms with Crippen molar-refractivity contribution in [3.63, 3.8) is 0 Å². The predicted molar refractivity (Wildman–Crippen MR) is 90.2 cm³/mol. The Hall–Kier alpha value is -1.62. The van der Waals surface area contributed by atoms with Crippen LogP contribution in [0.3, 0.4) is 0 Å². The Kier molecular flexibility index (Phi) is 4.85. The summed E-state index contributed by atoms with van der Waals surface area (Å²) in [7, 11) is 1.80. The molecule has 1 saturated heterocycles. The van der Waals surface area contributed by atoms with Gasteiger partial charge in [-0.1, -0.05) is 19.1 Å². The Morgan fingerprint density at radius 2 is 1.96 bits per heavy atom. The van der Waals surface area contributed by atoms with Crippen LogP contribution in [0.5, 0.6) is 0 Å². The maximum Gasteiger partial charge on any atom is 0.191 e. The number of hydrogen-bond donors (Lipinski definition) is 2. The Morgan fingerprint density at radius 3 is 2.52 bits per heavy atom. The van der Waals surface area contributed by atoms with E-state index < -0.39 is 0 Å². The first-order valence-corrected chi connectivity index (χ1v) is 8.44. The standard InChI is InChI=1S/C18H26FN3O/c1-13-11-16(13)22-17(20-2)21-12-18(7-9-23-10-8-18)14-3-5-15(19)6-4-14/h3-6,13,16H,7-12H2,1-2H3,(H2,20,21,22). The van der Waals surface area contributed by atoms with Crippen molar-refractivity contribution in [1.29, 1.82) is 0 Å². The summed E-state index contributed by atoms with van der Waals surface area (Å²) in [6, 6.07) is 7.44. The fourth-order valence-corrected chi connectivity index (χ4v) is 3.28. The van der Waals surface area contributed by atoms with E-state index in [1.165, 1.54) is 12.0 Å². The fraction of sp³-hybridized carbons (Fsp3) is 0.611. The summed E-state index contributed by atoms with van der Waals surface area (Å²) in [5, 5.41) is 6.93. The summed E-state index contributed by atoms with van der Waals surface area (Å²) in [6.07, 6.45) is 3.07. The van der Waals surface area contributed by atoms with Gasteiger partial charge in [0.2, 0.25) is 0 Å². The van der Waals surface area contributed by atoms with Crippen LogP contribution in [-0.4, -0.2) is 38.8 Å². The molecule has 126 valence electrons.